The number of para-hydroxylation sites is 1. The fourth-order valence-electron chi connectivity index (χ4n) is 2.11. The molecular formula is C17H16N4O4S. The number of nitrogens with one attached hydrogen (secondary N) is 2. The van der Waals surface area contributed by atoms with Gasteiger partial charge in [0.05, 0.1) is 4.92 Å². The second-order valence-electron chi connectivity index (χ2n) is 5.46. The number of carbonyl (C=O) groups excluding carboxylic acids is 2. The lowest BCUT2D eigenvalue weighted by Crippen LogP contribution is -2.34. The number of carbonyl (C=O) groups is 2. The van der Waals surface area contributed by atoms with Crippen molar-refractivity contribution in [3.05, 3.63) is 69.8 Å². The smallest absolute Gasteiger partial charge is 0.282 e. The zero-order valence-corrected chi connectivity index (χ0v) is 14.9. The Balaban J connectivity index is 2.04. The normalized spacial score (nSPS) is 9.92. The largest absolute Gasteiger partial charge is 0.345 e. The van der Waals surface area contributed by atoms with Gasteiger partial charge < -0.3 is 10.2 Å². The quantitative estimate of drug-likeness (QED) is 0.485. The number of nitro benzene ring substituents is 1. The van der Waals surface area contributed by atoms with Crippen LogP contribution in [0.25, 0.3) is 0 Å². The Labute approximate surface area is 155 Å². The molecule has 0 radical (unpaired) electrons. The molecule has 0 saturated heterocycles. The van der Waals surface area contributed by atoms with Gasteiger partial charge in [-0.15, -0.1) is 0 Å². The van der Waals surface area contributed by atoms with Crippen LogP contribution in [-0.4, -0.2) is 40.8 Å². The van der Waals surface area contributed by atoms with Crippen LogP contribution in [0, 0.1) is 10.1 Å². The fourth-order valence-corrected chi connectivity index (χ4v) is 2.32. The molecule has 0 aliphatic rings. The maximum absolute atomic E-state index is 12.2. The molecule has 2 N–H and O–H groups in total. The summed E-state index contributed by atoms with van der Waals surface area (Å²) in [6, 6.07) is 12.1. The molecule has 8 nitrogen and oxygen atoms in total. The van der Waals surface area contributed by atoms with Crippen molar-refractivity contribution < 1.29 is 14.5 Å². The molecule has 26 heavy (non-hydrogen) atoms. The SMILES string of the molecule is CN(C)C(=O)c1ccc(NC(=S)NC(=O)c2ccccc2[N+](=O)[O-])cc1. The molecule has 2 rings (SSSR count). The first-order valence-electron chi connectivity index (χ1n) is 7.47. The Morgan fingerprint density at radius 1 is 1.08 bits per heavy atom. The number of thiocarbonyl (C=S) groups is 1. The molecule has 134 valence electrons. The van der Waals surface area contributed by atoms with Crippen molar-refractivity contribution >= 4 is 40.5 Å². The molecule has 2 amide bonds. The molecule has 0 bridgehead atoms. The standard InChI is InChI=1S/C17H16N4O4S/c1-20(2)16(23)11-7-9-12(10-8-11)18-17(26)19-15(22)13-5-3-4-6-14(13)21(24)25/h3-10H,1-2H3,(H2,18,19,22,26). The van der Waals surface area contributed by atoms with Crippen molar-refractivity contribution in [3.63, 3.8) is 0 Å². The van der Waals surface area contributed by atoms with Gasteiger partial charge in [0.15, 0.2) is 5.11 Å². The van der Waals surface area contributed by atoms with E-state index in [-0.39, 0.29) is 22.3 Å². The number of anilines is 1. The number of hydrogen-bond donors (Lipinski definition) is 2. The maximum Gasteiger partial charge on any atom is 0.282 e. The molecule has 0 aromatic heterocycles. The summed E-state index contributed by atoms with van der Waals surface area (Å²) in [6.45, 7) is 0. The van der Waals surface area contributed by atoms with E-state index in [4.69, 9.17) is 12.2 Å². The van der Waals surface area contributed by atoms with Crippen molar-refractivity contribution in [2.75, 3.05) is 19.4 Å². The van der Waals surface area contributed by atoms with Crippen molar-refractivity contribution in [2.45, 2.75) is 0 Å². The molecule has 0 heterocycles. The minimum Gasteiger partial charge on any atom is -0.345 e. The van der Waals surface area contributed by atoms with E-state index in [1.807, 2.05) is 0 Å². The first-order valence-corrected chi connectivity index (χ1v) is 7.88. The molecule has 0 saturated carbocycles. The lowest BCUT2D eigenvalue weighted by Gasteiger charge is -2.12. The number of benzene rings is 2. The van der Waals surface area contributed by atoms with Gasteiger partial charge in [0.1, 0.15) is 5.56 Å². The van der Waals surface area contributed by atoms with Gasteiger partial charge in [-0.3, -0.25) is 25.0 Å². The van der Waals surface area contributed by atoms with E-state index in [1.54, 1.807) is 38.4 Å². The van der Waals surface area contributed by atoms with Crippen LogP contribution in [0.5, 0.6) is 0 Å². The van der Waals surface area contributed by atoms with Crippen LogP contribution in [0.2, 0.25) is 0 Å². The first-order chi connectivity index (χ1) is 12.3. The monoisotopic (exact) mass is 372 g/mol. The predicted molar refractivity (Wildman–Crippen MR) is 101 cm³/mol. The third-order valence-electron chi connectivity index (χ3n) is 3.37. The van der Waals surface area contributed by atoms with Crippen molar-refractivity contribution in [1.29, 1.82) is 0 Å². The average Bonchev–Trinajstić information content (AvgIpc) is 2.61. The van der Waals surface area contributed by atoms with Crippen LogP contribution in [0.1, 0.15) is 20.7 Å². The number of rotatable bonds is 4. The Morgan fingerprint density at radius 2 is 1.69 bits per heavy atom. The van der Waals surface area contributed by atoms with Crippen LogP contribution < -0.4 is 10.6 Å². The summed E-state index contributed by atoms with van der Waals surface area (Å²) in [5.41, 5.74) is 0.677. The minimum absolute atomic E-state index is 0.0140. The molecule has 0 unspecified atom stereocenters. The zero-order chi connectivity index (χ0) is 19.3. The van der Waals surface area contributed by atoms with Crippen LogP contribution >= 0.6 is 12.2 Å². The summed E-state index contributed by atoms with van der Waals surface area (Å²) in [7, 11) is 3.31. The predicted octanol–water partition coefficient (Wildman–Crippen LogP) is 2.42. The molecule has 0 fully saturated rings. The lowest BCUT2D eigenvalue weighted by atomic mass is 10.1. The third kappa shape index (κ3) is 4.61. The van der Waals surface area contributed by atoms with Crippen molar-refractivity contribution in [1.82, 2.24) is 10.2 Å². The average molecular weight is 372 g/mol. The second-order valence-corrected chi connectivity index (χ2v) is 5.87. The van der Waals surface area contributed by atoms with Crippen molar-refractivity contribution in [2.24, 2.45) is 0 Å². The van der Waals surface area contributed by atoms with Gasteiger partial charge in [-0.1, -0.05) is 12.1 Å². The van der Waals surface area contributed by atoms with Gasteiger partial charge in [0, 0.05) is 31.4 Å². The molecule has 0 aliphatic carbocycles. The zero-order valence-electron chi connectivity index (χ0n) is 14.1. The minimum atomic E-state index is -0.686. The number of nitro groups is 1. The summed E-state index contributed by atoms with van der Waals surface area (Å²) >= 11 is 5.06. The highest BCUT2D eigenvalue weighted by Gasteiger charge is 2.19. The van der Waals surface area contributed by atoms with E-state index >= 15 is 0 Å². The van der Waals surface area contributed by atoms with Crippen LogP contribution in [0.15, 0.2) is 48.5 Å². The number of amides is 2. The highest BCUT2D eigenvalue weighted by Crippen LogP contribution is 2.17. The van der Waals surface area contributed by atoms with Gasteiger partial charge in [-0.25, -0.2) is 0 Å². The number of nitrogens with zero attached hydrogens (tertiary/aromatic N) is 2. The first kappa shape index (κ1) is 19.0. The Kier molecular flexibility index (Phi) is 5.97. The molecule has 9 heteroatoms. The van der Waals surface area contributed by atoms with Crippen LogP contribution in [0.3, 0.4) is 0 Å². The van der Waals surface area contributed by atoms with E-state index < -0.39 is 10.8 Å². The summed E-state index contributed by atoms with van der Waals surface area (Å²) in [5.74, 6) is -0.821. The van der Waals surface area contributed by atoms with E-state index in [1.165, 1.54) is 29.2 Å². The Bertz CT molecular complexity index is 865. The van der Waals surface area contributed by atoms with Gasteiger partial charge in [-0.2, -0.15) is 0 Å². The van der Waals surface area contributed by atoms with Crippen molar-refractivity contribution in [3.8, 4) is 0 Å². The van der Waals surface area contributed by atoms with Gasteiger partial charge in [0.25, 0.3) is 17.5 Å². The lowest BCUT2D eigenvalue weighted by molar-refractivity contribution is -0.385. The topological polar surface area (TPSA) is 105 Å². The van der Waals surface area contributed by atoms with E-state index in [0.717, 1.165) is 0 Å². The summed E-state index contributed by atoms with van der Waals surface area (Å²) in [5, 5.41) is 16.2. The van der Waals surface area contributed by atoms with Crippen LogP contribution in [0.4, 0.5) is 11.4 Å². The molecule has 2 aromatic carbocycles. The van der Waals surface area contributed by atoms with Crippen LogP contribution in [-0.2, 0) is 0 Å². The summed E-state index contributed by atoms with van der Waals surface area (Å²) < 4.78 is 0. The second kappa shape index (κ2) is 8.17. The molecule has 0 spiro atoms. The third-order valence-corrected chi connectivity index (χ3v) is 3.57. The van der Waals surface area contributed by atoms with E-state index in [0.29, 0.717) is 11.3 Å². The summed E-state index contributed by atoms with van der Waals surface area (Å²) in [4.78, 5) is 35.8. The van der Waals surface area contributed by atoms with Gasteiger partial charge in [0.2, 0.25) is 0 Å². The maximum atomic E-state index is 12.2. The molecule has 0 aliphatic heterocycles. The van der Waals surface area contributed by atoms with Gasteiger partial charge >= 0.3 is 0 Å². The fraction of sp³-hybridized carbons (Fsp3) is 0.118. The molecular weight excluding hydrogens is 356 g/mol. The summed E-state index contributed by atoms with van der Waals surface area (Å²) in [6.07, 6.45) is 0. The molecule has 2 aromatic rings. The number of hydrogen-bond acceptors (Lipinski definition) is 5. The highest BCUT2D eigenvalue weighted by atomic mass is 32.1. The van der Waals surface area contributed by atoms with E-state index in [9.17, 15) is 19.7 Å². The Hall–Kier alpha value is -3.33. The Morgan fingerprint density at radius 3 is 2.27 bits per heavy atom. The highest BCUT2D eigenvalue weighted by molar-refractivity contribution is 7.80. The van der Waals surface area contributed by atoms with E-state index in [2.05, 4.69) is 10.6 Å². The molecule has 0 atom stereocenters. The van der Waals surface area contributed by atoms with Gasteiger partial charge in [-0.05, 0) is 42.5 Å².